The minimum Gasteiger partial charge on any atom is -0.288 e. The van der Waals surface area contributed by atoms with Crippen LogP contribution in [0.25, 0.3) is 0 Å². The summed E-state index contributed by atoms with van der Waals surface area (Å²) in [5, 5.41) is 0. The van der Waals surface area contributed by atoms with Crippen LogP contribution in [-0.4, -0.2) is 12.8 Å². The highest BCUT2D eigenvalue weighted by atomic mass is 14.7. The highest BCUT2D eigenvalue weighted by Gasteiger charge is 1.93. The van der Waals surface area contributed by atoms with E-state index in [9.17, 15) is 0 Å². The second-order valence-corrected chi connectivity index (χ2v) is 2.52. The van der Waals surface area contributed by atoms with Gasteiger partial charge in [-0.1, -0.05) is 37.0 Å². The van der Waals surface area contributed by atoms with Crippen LogP contribution in [0.15, 0.2) is 53.6 Å². The van der Waals surface area contributed by atoms with E-state index in [1.54, 1.807) is 7.05 Å². The van der Waals surface area contributed by atoms with Gasteiger partial charge in [-0.25, -0.2) is 0 Å². The zero-order valence-corrected chi connectivity index (χ0v) is 8.62. The van der Waals surface area contributed by atoms with Crippen molar-refractivity contribution < 1.29 is 0 Å². The molecule has 0 aliphatic carbocycles. The molecule has 0 fully saturated rings. The first-order valence-electron chi connectivity index (χ1n) is 4.34. The minimum absolute atomic E-state index is 0.920. The Hall–Kier alpha value is -1.37. The lowest BCUT2D eigenvalue weighted by Crippen LogP contribution is -1.94. The third kappa shape index (κ3) is 4.96. The summed E-state index contributed by atoms with van der Waals surface area (Å²) < 4.78 is 0. The molecule has 0 N–H and O–H groups in total. The number of hydrogen-bond donors (Lipinski definition) is 0. The number of nitrogens with zero attached hydrogens (tertiary/aromatic N) is 1. The van der Waals surface area contributed by atoms with Crippen molar-refractivity contribution in [1.29, 1.82) is 0 Å². The lowest BCUT2D eigenvalue weighted by molar-refractivity contribution is 1.44. The van der Waals surface area contributed by atoms with Crippen LogP contribution in [0.5, 0.6) is 0 Å². The van der Waals surface area contributed by atoms with Gasteiger partial charge in [0.1, 0.15) is 0 Å². The van der Waals surface area contributed by atoms with E-state index in [-0.39, 0.29) is 0 Å². The second kappa shape index (κ2) is 7.29. The van der Waals surface area contributed by atoms with E-state index in [0.717, 1.165) is 11.3 Å². The summed E-state index contributed by atoms with van der Waals surface area (Å²) in [6.45, 7) is 7.86. The van der Waals surface area contributed by atoms with E-state index >= 15 is 0 Å². The molecule has 0 amide bonds. The fourth-order valence-corrected chi connectivity index (χ4v) is 0.851. The van der Waals surface area contributed by atoms with Crippen LogP contribution in [0, 0.1) is 0 Å². The van der Waals surface area contributed by atoms with Crippen LogP contribution >= 0.6 is 0 Å². The maximum absolute atomic E-state index is 4.11. The standard InChI is InChI=1S/C12H17N/c1-5-7-8-10-11(3)12(13-4)9-6-2/h5-10H,3H2,1-2,4H3/b7-5-,9-6-,10-8-,13-12?. The summed E-state index contributed by atoms with van der Waals surface area (Å²) in [7, 11) is 1.77. The quantitative estimate of drug-likeness (QED) is 0.459. The number of rotatable bonds is 4. The molecule has 0 aliphatic heterocycles. The lowest BCUT2D eigenvalue weighted by Gasteiger charge is -1.97. The highest BCUT2D eigenvalue weighted by Crippen LogP contribution is 1.99. The average molecular weight is 175 g/mol. The van der Waals surface area contributed by atoms with Crippen LogP contribution < -0.4 is 0 Å². The predicted molar refractivity (Wildman–Crippen MR) is 61.3 cm³/mol. The molecule has 70 valence electrons. The minimum atomic E-state index is 0.920. The van der Waals surface area contributed by atoms with Crippen LogP contribution in [0.1, 0.15) is 13.8 Å². The van der Waals surface area contributed by atoms with Gasteiger partial charge in [-0.05, 0) is 25.5 Å². The van der Waals surface area contributed by atoms with Crippen LogP contribution in [0.2, 0.25) is 0 Å². The van der Waals surface area contributed by atoms with Gasteiger partial charge in [0.15, 0.2) is 0 Å². The second-order valence-electron chi connectivity index (χ2n) is 2.52. The van der Waals surface area contributed by atoms with E-state index in [2.05, 4.69) is 11.6 Å². The van der Waals surface area contributed by atoms with E-state index in [1.807, 2.05) is 50.3 Å². The predicted octanol–water partition coefficient (Wildman–Crippen LogP) is 3.32. The van der Waals surface area contributed by atoms with Crippen molar-refractivity contribution in [2.75, 3.05) is 7.05 Å². The van der Waals surface area contributed by atoms with Gasteiger partial charge in [0.05, 0.1) is 5.71 Å². The zero-order chi connectivity index (χ0) is 10.1. The molecular weight excluding hydrogens is 158 g/mol. The van der Waals surface area contributed by atoms with E-state index in [1.165, 1.54) is 0 Å². The molecule has 1 heteroatoms. The summed E-state index contributed by atoms with van der Waals surface area (Å²) in [5.41, 5.74) is 1.85. The Morgan fingerprint density at radius 1 is 1.08 bits per heavy atom. The Morgan fingerprint density at radius 3 is 2.23 bits per heavy atom. The van der Waals surface area contributed by atoms with E-state index in [0.29, 0.717) is 0 Å². The zero-order valence-electron chi connectivity index (χ0n) is 8.62. The molecule has 1 nitrogen and oxygen atoms in total. The first-order chi connectivity index (χ1) is 6.26. The third-order valence-corrected chi connectivity index (χ3v) is 1.50. The van der Waals surface area contributed by atoms with Crippen molar-refractivity contribution in [2.45, 2.75) is 13.8 Å². The first kappa shape index (κ1) is 11.6. The van der Waals surface area contributed by atoms with Crippen molar-refractivity contribution >= 4 is 5.71 Å². The Balaban J connectivity index is 4.41. The van der Waals surface area contributed by atoms with E-state index in [4.69, 9.17) is 0 Å². The summed E-state index contributed by atoms with van der Waals surface area (Å²) in [6, 6.07) is 0. The van der Waals surface area contributed by atoms with Gasteiger partial charge in [0, 0.05) is 7.05 Å². The average Bonchev–Trinajstić information content (AvgIpc) is 2.14. The summed E-state index contributed by atoms with van der Waals surface area (Å²) in [5.74, 6) is 0. The van der Waals surface area contributed by atoms with Gasteiger partial charge >= 0.3 is 0 Å². The van der Waals surface area contributed by atoms with Gasteiger partial charge < -0.3 is 0 Å². The molecule has 0 aromatic rings. The molecular formula is C12H17N. The van der Waals surface area contributed by atoms with Crippen molar-refractivity contribution in [3.8, 4) is 0 Å². The molecule has 0 bridgehead atoms. The van der Waals surface area contributed by atoms with Gasteiger partial charge in [-0.2, -0.15) is 0 Å². The molecule has 0 saturated heterocycles. The molecule has 0 saturated carbocycles. The van der Waals surface area contributed by atoms with E-state index < -0.39 is 0 Å². The lowest BCUT2D eigenvalue weighted by atomic mass is 10.1. The molecule has 0 spiro atoms. The SMILES string of the molecule is C=C(/C=C\C=C/C)C(/C=C\C)=NC. The largest absolute Gasteiger partial charge is 0.288 e. The highest BCUT2D eigenvalue weighted by molar-refractivity contribution is 6.09. The Bertz CT molecular complexity index is 265. The molecule has 0 aromatic heterocycles. The summed E-state index contributed by atoms with van der Waals surface area (Å²) in [6.07, 6.45) is 11.7. The van der Waals surface area contributed by atoms with Crippen LogP contribution in [0.4, 0.5) is 0 Å². The Kier molecular flexibility index (Phi) is 6.52. The molecule has 0 atom stereocenters. The molecule has 13 heavy (non-hydrogen) atoms. The third-order valence-electron chi connectivity index (χ3n) is 1.50. The van der Waals surface area contributed by atoms with Gasteiger partial charge in [0.2, 0.25) is 0 Å². The fourth-order valence-electron chi connectivity index (χ4n) is 0.851. The monoisotopic (exact) mass is 175 g/mol. The molecule has 0 heterocycles. The number of hydrogen-bond acceptors (Lipinski definition) is 1. The van der Waals surface area contributed by atoms with Crippen LogP contribution in [0.3, 0.4) is 0 Å². The van der Waals surface area contributed by atoms with Crippen molar-refractivity contribution in [3.63, 3.8) is 0 Å². The van der Waals surface area contributed by atoms with Gasteiger partial charge in [-0.3, -0.25) is 4.99 Å². The smallest absolute Gasteiger partial charge is 0.0633 e. The van der Waals surface area contributed by atoms with Crippen molar-refractivity contribution in [3.05, 3.63) is 48.6 Å². The Morgan fingerprint density at radius 2 is 1.77 bits per heavy atom. The molecule has 0 radical (unpaired) electrons. The van der Waals surface area contributed by atoms with Crippen LogP contribution in [-0.2, 0) is 0 Å². The fraction of sp³-hybridized carbons (Fsp3) is 0.250. The molecule has 0 rings (SSSR count). The van der Waals surface area contributed by atoms with Crippen molar-refractivity contribution in [1.82, 2.24) is 0 Å². The number of aliphatic imine (C=N–C) groups is 1. The van der Waals surface area contributed by atoms with Gasteiger partial charge in [-0.15, -0.1) is 0 Å². The maximum atomic E-state index is 4.11. The summed E-state index contributed by atoms with van der Waals surface area (Å²) in [4.78, 5) is 4.11. The first-order valence-corrected chi connectivity index (χ1v) is 4.34. The van der Waals surface area contributed by atoms with Gasteiger partial charge in [0.25, 0.3) is 0 Å². The maximum Gasteiger partial charge on any atom is 0.0633 e. The topological polar surface area (TPSA) is 12.4 Å². The summed E-state index contributed by atoms with van der Waals surface area (Å²) >= 11 is 0. The molecule has 0 aromatic carbocycles. The molecule has 0 aliphatic rings. The Labute approximate surface area is 80.9 Å². The number of allylic oxidation sites excluding steroid dienone is 7. The normalized spacial score (nSPS) is 13.6. The molecule has 0 unspecified atom stereocenters. The van der Waals surface area contributed by atoms with Crippen molar-refractivity contribution in [2.24, 2.45) is 4.99 Å².